The molecule has 2 rings (SSSR count). The zero-order chi connectivity index (χ0) is 12.4. The summed E-state index contributed by atoms with van der Waals surface area (Å²) in [5, 5.41) is 0. The normalized spacial score (nSPS) is 21.4. The molecule has 2 aliphatic rings. The summed E-state index contributed by atoms with van der Waals surface area (Å²) >= 11 is 0. The van der Waals surface area contributed by atoms with Gasteiger partial charge in [-0.1, -0.05) is 60.8 Å². The molecule has 0 aromatic heterocycles. The molecule has 0 atom stereocenters. The summed E-state index contributed by atoms with van der Waals surface area (Å²) in [6, 6.07) is 0. The van der Waals surface area contributed by atoms with Crippen LogP contribution in [0.25, 0.3) is 0 Å². The maximum atomic E-state index is 4.02. The van der Waals surface area contributed by atoms with E-state index in [1.54, 1.807) is 0 Å². The van der Waals surface area contributed by atoms with Gasteiger partial charge >= 0.3 is 0 Å². The summed E-state index contributed by atoms with van der Waals surface area (Å²) in [7, 11) is 0. The zero-order valence-electron chi connectivity index (χ0n) is 10.3. The Hall–Kier alpha value is -1.56. The summed E-state index contributed by atoms with van der Waals surface area (Å²) in [6.07, 6.45) is 11.3. The Bertz CT molecular complexity index is 422. The summed E-state index contributed by atoms with van der Waals surface area (Å²) in [6.45, 7) is 16.0. The van der Waals surface area contributed by atoms with Gasteiger partial charge in [-0.2, -0.15) is 0 Å². The molecule has 0 aromatic rings. The highest BCUT2D eigenvalue weighted by Gasteiger charge is 2.14. The fourth-order valence-electron chi connectivity index (χ4n) is 2.44. The van der Waals surface area contributed by atoms with Crippen molar-refractivity contribution in [3.63, 3.8) is 0 Å². The van der Waals surface area contributed by atoms with Crippen LogP contribution in [0, 0.1) is 12.8 Å². The topological polar surface area (TPSA) is 0 Å². The highest BCUT2D eigenvalue weighted by atomic mass is 14.2. The van der Waals surface area contributed by atoms with Gasteiger partial charge < -0.3 is 0 Å². The smallest absolute Gasteiger partial charge is 0.0149 e. The molecule has 2 radical (unpaired) electrons. The van der Waals surface area contributed by atoms with Gasteiger partial charge in [0.2, 0.25) is 0 Å². The van der Waals surface area contributed by atoms with Crippen LogP contribution < -0.4 is 0 Å². The van der Waals surface area contributed by atoms with Gasteiger partial charge in [0.15, 0.2) is 0 Å². The van der Waals surface area contributed by atoms with Crippen LogP contribution >= 0.6 is 0 Å². The van der Waals surface area contributed by atoms with Crippen molar-refractivity contribution in [3.05, 3.63) is 84.7 Å². The monoisotopic (exact) mass is 222 g/mol. The van der Waals surface area contributed by atoms with Crippen molar-refractivity contribution < 1.29 is 0 Å². The highest BCUT2D eigenvalue weighted by Crippen LogP contribution is 2.33. The van der Waals surface area contributed by atoms with E-state index >= 15 is 0 Å². The van der Waals surface area contributed by atoms with E-state index in [0.29, 0.717) is 0 Å². The second-order valence-electron chi connectivity index (χ2n) is 4.89. The predicted octanol–water partition coefficient (Wildman–Crippen LogP) is 4.67. The first kappa shape index (κ1) is 11.9. The Kier molecular flexibility index (Phi) is 3.33. The number of hydrogen-bond donors (Lipinski definition) is 0. The van der Waals surface area contributed by atoms with E-state index < -0.39 is 0 Å². The van der Waals surface area contributed by atoms with Gasteiger partial charge in [0.05, 0.1) is 0 Å². The third kappa shape index (κ3) is 3.20. The lowest BCUT2D eigenvalue weighted by atomic mass is 9.84. The van der Waals surface area contributed by atoms with Gasteiger partial charge in [-0.05, 0) is 30.4 Å². The Morgan fingerprint density at radius 1 is 0.765 bits per heavy atom. The predicted molar refractivity (Wildman–Crippen MR) is 75.2 cm³/mol. The number of hydrogen-bond acceptors (Lipinski definition) is 0. The van der Waals surface area contributed by atoms with Gasteiger partial charge in [-0.15, -0.1) is 0 Å². The SMILES string of the molecule is C=C1[CH]C(=C)CC(CC2=CC(=C)[CH]C(=C)C2)=C1. The third-order valence-corrected chi connectivity index (χ3v) is 2.92. The van der Waals surface area contributed by atoms with E-state index in [9.17, 15) is 0 Å². The second-order valence-corrected chi connectivity index (χ2v) is 4.89. The first-order chi connectivity index (χ1) is 8.02. The molecule has 0 spiro atoms. The fourth-order valence-corrected chi connectivity index (χ4v) is 2.44. The largest absolute Gasteiger partial charge is 0.0989 e. The Morgan fingerprint density at radius 2 is 1.18 bits per heavy atom. The van der Waals surface area contributed by atoms with Crippen molar-refractivity contribution in [1.29, 1.82) is 0 Å². The van der Waals surface area contributed by atoms with Crippen LogP contribution in [0.4, 0.5) is 0 Å². The lowest BCUT2D eigenvalue weighted by Crippen LogP contribution is -2.03. The molecule has 0 amide bonds. The van der Waals surface area contributed by atoms with E-state index in [1.165, 1.54) is 11.1 Å². The van der Waals surface area contributed by atoms with Gasteiger partial charge in [0.1, 0.15) is 0 Å². The molecule has 0 saturated carbocycles. The molecule has 86 valence electrons. The first-order valence-corrected chi connectivity index (χ1v) is 5.84. The van der Waals surface area contributed by atoms with Crippen molar-refractivity contribution in [3.8, 4) is 0 Å². The van der Waals surface area contributed by atoms with Gasteiger partial charge in [0.25, 0.3) is 0 Å². The molecule has 2 aliphatic carbocycles. The quantitative estimate of drug-likeness (QED) is 0.637. The van der Waals surface area contributed by atoms with Crippen LogP contribution in [0.1, 0.15) is 19.3 Å². The zero-order valence-corrected chi connectivity index (χ0v) is 10.3. The van der Waals surface area contributed by atoms with E-state index in [-0.39, 0.29) is 0 Å². The van der Waals surface area contributed by atoms with Crippen LogP contribution in [0.2, 0.25) is 0 Å². The second kappa shape index (κ2) is 4.75. The molecule has 0 aromatic carbocycles. The van der Waals surface area contributed by atoms with E-state index in [0.717, 1.165) is 41.6 Å². The number of allylic oxidation sites excluding steroid dienone is 8. The minimum Gasteiger partial charge on any atom is -0.0989 e. The highest BCUT2D eigenvalue weighted by molar-refractivity contribution is 5.48. The van der Waals surface area contributed by atoms with Crippen molar-refractivity contribution in [2.75, 3.05) is 0 Å². The molecular formula is C17H18. The molecule has 0 saturated heterocycles. The van der Waals surface area contributed by atoms with Crippen LogP contribution in [0.3, 0.4) is 0 Å². The lowest BCUT2D eigenvalue weighted by Gasteiger charge is -2.21. The molecule has 0 bridgehead atoms. The Balaban J connectivity index is 2.11. The summed E-state index contributed by atoms with van der Waals surface area (Å²) < 4.78 is 0. The molecule has 0 heteroatoms. The Labute approximate surface area is 104 Å². The van der Waals surface area contributed by atoms with E-state index in [1.807, 2.05) is 12.8 Å². The van der Waals surface area contributed by atoms with E-state index in [2.05, 4.69) is 38.5 Å². The fraction of sp³-hybridized carbons (Fsp3) is 0.176. The average molecular weight is 222 g/mol. The lowest BCUT2D eigenvalue weighted by molar-refractivity contribution is 0.935. The molecule has 0 nitrogen and oxygen atoms in total. The third-order valence-electron chi connectivity index (χ3n) is 2.92. The van der Waals surface area contributed by atoms with Crippen LogP contribution in [0.5, 0.6) is 0 Å². The van der Waals surface area contributed by atoms with Gasteiger partial charge in [-0.3, -0.25) is 0 Å². The summed E-state index contributed by atoms with van der Waals surface area (Å²) in [4.78, 5) is 0. The Morgan fingerprint density at radius 3 is 1.53 bits per heavy atom. The molecule has 17 heavy (non-hydrogen) atoms. The minimum absolute atomic E-state index is 0.957. The molecular weight excluding hydrogens is 204 g/mol. The van der Waals surface area contributed by atoms with Crippen molar-refractivity contribution in [1.82, 2.24) is 0 Å². The summed E-state index contributed by atoms with van der Waals surface area (Å²) in [5.41, 5.74) is 7.17. The maximum Gasteiger partial charge on any atom is 0.0149 e. The van der Waals surface area contributed by atoms with Crippen molar-refractivity contribution in [2.24, 2.45) is 0 Å². The standard InChI is InChI=1S/C17H18/c1-12-5-13(2)8-16(7-12)11-17-9-14(3)6-15(4)10-17/h5-7,9H,1-4,8,10-11H2. The van der Waals surface area contributed by atoms with E-state index in [4.69, 9.17) is 0 Å². The summed E-state index contributed by atoms with van der Waals surface area (Å²) in [5.74, 6) is 0. The number of rotatable bonds is 2. The molecule has 0 unspecified atom stereocenters. The van der Waals surface area contributed by atoms with Crippen LogP contribution in [0.15, 0.2) is 71.9 Å². The minimum atomic E-state index is 0.957. The van der Waals surface area contributed by atoms with Crippen molar-refractivity contribution in [2.45, 2.75) is 19.3 Å². The average Bonchev–Trinajstić information content (AvgIpc) is 2.13. The maximum absolute atomic E-state index is 4.02. The molecule has 0 aliphatic heterocycles. The molecule has 0 fully saturated rings. The molecule has 0 N–H and O–H groups in total. The first-order valence-electron chi connectivity index (χ1n) is 5.84. The molecule has 0 heterocycles. The van der Waals surface area contributed by atoms with Gasteiger partial charge in [-0.25, -0.2) is 0 Å². The van der Waals surface area contributed by atoms with Crippen LogP contribution in [-0.2, 0) is 0 Å². The van der Waals surface area contributed by atoms with Gasteiger partial charge in [0, 0.05) is 12.8 Å². The van der Waals surface area contributed by atoms with Crippen molar-refractivity contribution >= 4 is 0 Å². The van der Waals surface area contributed by atoms with Crippen LogP contribution in [-0.4, -0.2) is 0 Å².